The molecule has 0 unspecified atom stereocenters. The Morgan fingerprint density at radius 2 is 2.05 bits per heavy atom. The van der Waals surface area contributed by atoms with Crippen LogP contribution in [0.1, 0.15) is 18.6 Å². The minimum Gasteiger partial charge on any atom is -0.338 e. The van der Waals surface area contributed by atoms with Gasteiger partial charge in [0.15, 0.2) is 22.6 Å². The van der Waals surface area contributed by atoms with Gasteiger partial charge in [-0.15, -0.1) is 0 Å². The number of hydrogen-bond acceptors (Lipinski definition) is 5. The maximum absolute atomic E-state index is 13.1. The molecule has 104 valence electrons. The van der Waals surface area contributed by atoms with Crippen LogP contribution in [-0.4, -0.2) is 20.1 Å². The third-order valence-electron chi connectivity index (χ3n) is 2.66. The Balaban J connectivity index is 1.77. The molecule has 0 saturated carbocycles. The zero-order valence-electron chi connectivity index (χ0n) is 10.5. The summed E-state index contributed by atoms with van der Waals surface area (Å²) in [5, 5.41) is 4.33. The predicted molar refractivity (Wildman–Crippen MR) is 69.2 cm³/mol. The Morgan fingerprint density at radius 1 is 1.25 bits per heavy atom. The molecule has 0 aliphatic carbocycles. The number of halogens is 2. The summed E-state index contributed by atoms with van der Waals surface area (Å²) < 4.78 is 31.2. The quantitative estimate of drug-likeness (QED) is 0.749. The minimum absolute atomic E-state index is 0.381. The molecule has 2 heterocycles. The molecule has 0 bridgehead atoms. The van der Waals surface area contributed by atoms with E-state index in [2.05, 4.69) is 20.1 Å². The highest BCUT2D eigenvalue weighted by atomic mass is 32.2. The summed E-state index contributed by atoms with van der Waals surface area (Å²) in [6.07, 6.45) is 0.706. The van der Waals surface area contributed by atoms with E-state index < -0.39 is 11.6 Å². The zero-order chi connectivity index (χ0) is 14.1. The van der Waals surface area contributed by atoms with Gasteiger partial charge in [0.2, 0.25) is 5.89 Å². The van der Waals surface area contributed by atoms with Crippen LogP contribution in [0.3, 0.4) is 0 Å². The van der Waals surface area contributed by atoms with Gasteiger partial charge < -0.3 is 9.51 Å². The lowest BCUT2D eigenvalue weighted by Gasteiger charge is -1.91. The summed E-state index contributed by atoms with van der Waals surface area (Å²) in [6.45, 7) is 1.93. The van der Waals surface area contributed by atoms with Crippen LogP contribution in [0.5, 0.6) is 0 Å². The Bertz CT molecular complexity index is 716. The number of thioether (sulfide) groups is 1. The standard InChI is InChI=1S/C12H10F2N4OS/c1-2-10-17-11(19-18-10)5-20-12-15-8-3-6(13)7(14)4-9(8)16-12/h3-4H,2,5H2,1H3,(H,15,16). The zero-order valence-corrected chi connectivity index (χ0v) is 11.3. The van der Waals surface area contributed by atoms with Crippen molar-refractivity contribution in [3.05, 3.63) is 35.5 Å². The molecule has 0 aliphatic rings. The first kappa shape index (κ1) is 13.0. The number of H-pyrrole nitrogens is 1. The fourth-order valence-corrected chi connectivity index (χ4v) is 2.39. The van der Waals surface area contributed by atoms with Crippen LogP contribution in [0.25, 0.3) is 11.0 Å². The molecule has 0 saturated heterocycles. The van der Waals surface area contributed by atoms with E-state index in [1.807, 2.05) is 6.92 Å². The van der Waals surface area contributed by atoms with Crippen LogP contribution >= 0.6 is 11.8 Å². The number of nitrogens with one attached hydrogen (secondary N) is 1. The van der Waals surface area contributed by atoms with Crippen molar-refractivity contribution in [3.8, 4) is 0 Å². The SMILES string of the molecule is CCc1noc(CSc2nc3cc(F)c(F)cc3[nH]2)n1. The maximum Gasteiger partial charge on any atom is 0.237 e. The Morgan fingerprint density at radius 3 is 2.80 bits per heavy atom. The van der Waals surface area contributed by atoms with Crippen molar-refractivity contribution in [1.82, 2.24) is 20.1 Å². The molecule has 1 N–H and O–H groups in total. The maximum atomic E-state index is 13.1. The van der Waals surface area contributed by atoms with E-state index in [0.717, 1.165) is 12.1 Å². The second-order valence-corrected chi connectivity index (χ2v) is 5.04. The second kappa shape index (κ2) is 5.20. The first-order valence-corrected chi connectivity index (χ1v) is 6.93. The number of aryl methyl sites for hydroxylation is 1. The lowest BCUT2D eigenvalue weighted by atomic mass is 10.3. The highest BCUT2D eigenvalue weighted by Crippen LogP contribution is 2.24. The number of rotatable bonds is 4. The number of fused-ring (bicyclic) bond motifs is 1. The Labute approximate surface area is 116 Å². The van der Waals surface area contributed by atoms with Gasteiger partial charge in [-0.05, 0) is 0 Å². The van der Waals surface area contributed by atoms with Crippen LogP contribution in [0.15, 0.2) is 21.8 Å². The largest absolute Gasteiger partial charge is 0.338 e. The Kier molecular flexibility index (Phi) is 3.39. The summed E-state index contributed by atoms with van der Waals surface area (Å²) in [5.41, 5.74) is 0.831. The van der Waals surface area contributed by atoms with Crippen molar-refractivity contribution in [2.45, 2.75) is 24.3 Å². The smallest absolute Gasteiger partial charge is 0.237 e. The topological polar surface area (TPSA) is 67.6 Å². The van der Waals surface area contributed by atoms with E-state index in [1.165, 1.54) is 11.8 Å². The fourth-order valence-electron chi connectivity index (χ4n) is 1.67. The molecule has 0 atom stereocenters. The van der Waals surface area contributed by atoms with Gasteiger partial charge in [-0.1, -0.05) is 23.8 Å². The van der Waals surface area contributed by atoms with Crippen LogP contribution in [0, 0.1) is 11.6 Å². The van der Waals surface area contributed by atoms with Crippen molar-refractivity contribution in [3.63, 3.8) is 0 Å². The van der Waals surface area contributed by atoms with E-state index >= 15 is 0 Å². The third-order valence-corrected chi connectivity index (χ3v) is 3.52. The van der Waals surface area contributed by atoms with Crippen LogP contribution < -0.4 is 0 Å². The molecule has 0 amide bonds. The lowest BCUT2D eigenvalue weighted by Crippen LogP contribution is -1.84. The molecule has 0 aliphatic heterocycles. The van der Waals surface area contributed by atoms with Crippen LogP contribution in [0.4, 0.5) is 8.78 Å². The van der Waals surface area contributed by atoms with Gasteiger partial charge in [0.25, 0.3) is 0 Å². The molecule has 2 aromatic heterocycles. The molecule has 0 radical (unpaired) electrons. The lowest BCUT2D eigenvalue weighted by molar-refractivity contribution is 0.385. The van der Waals surface area contributed by atoms with Gasteiger partial charge in [0.05, 0.1) is 16.8 Å². The summed E-state index contributed by atoms with van der Waals surface area (Å²) in [5.74, 6) is -0.233. The van der Waals surface area contributed by atoms with Crippen molar-refractivity contribution < 1.29 is 13.3 Å². The third kappa shape index (κ3) is 2.51. The number of benzene rings is 1. The molecular formula is C12H10F2N4OS. The molecule has 0 fully saturated rings. The molecule has 1 aromatic carbocycles. The van der Waals surface area contributed by atoms with E-state index in [1.54, 1.807) is 0 Å². The van der Waals surface area contributed by atoms with E-state index in [9.17, 15) is 8.78 Å². The predicted octanol–water partition coefficient (Wildman–Crippen LogP) is 3.08. The minimum atomic E-state index is -0.912. The van der Waals surface area contributed by atoms with Crippen LogP contribution in [0.2, 0.25) is 0 Å². The first-order valence-electron chi connectivity index (χ1n) is 5.94. The van der Waals surface area contributed by atoms with Gasteiger partial charge in [0.1, 0.15) is 0 Å². The molecular weight excluding hydrogens is 286 g/mol. The summed E-state index contributed by atoms with van der Waals surface area (Å²) in [7, 11) is 0. The average molecular weight is 296 g/mol. The van der Waals surface area contributed by atoms with Crippen molar-refractivity contribution in [2.24, 2.45) is 0 Å². The van der Waals surface area contributed by atoms with Gasteiger partial charge in [-0.3, -0.25) is 0 Å². The fraction of sp³-hybridized carbons (Fsp3) is 0.250. The normalized spacial score (nSPS) is 11.3. The van der Waals surface area contributed by atoms with Gasteiger partial charge in [0, 0.05) is 18.6 Å². The van der Waals surface area contributed by atoms with Gasteiger partial charge in [-0.2, -0.15) is 4.98 Å². The molecule has 20 heavy (non-hydrogen) atoms. The van der Waals surface area contributed by atoms with E-state index in [-0.39, 0.29) is 0 Å². The highest BCUT2D eigenvalue weighted by molar-refractivity contribution is 7.98. The number of nitrogens with zero attached hydrogens (tertiary/aromatic N) is 3. The van der Waals surface area contributed by atoms with Crippen molar-refractivity contribution in [1.29, 1.82) is 0 Å². The summed E-state index contributed by atoms with van der Waals surface area (Å²) in [4.78, 5) is 11.2. The molecule has 3 rings (SSSR count). The van der Waals surface area contributed by atoms with E-state index in [4.69, 9.17) is 4.52 Å². The van der Waals surface area contributed by atoms with Gasteiger partial charge in [-0.25, -0.2) is 13.8 Å². The molecule has 0 spiro atoms. The molecule has 5 nitrogen and oxygen atoms in total. The molecule has 3 aromatic rings. The van der Waals surface area contributed by atoms with E-state index in [0.29, 0.717) is 40.1 Å². The van der Waals surface area contributed by atoms with Crippen molar-refractivity contribution >= 4 is 22.8 Å². The number of aromatic nitrogens is 4. The average Bonchev–Trinajstić information content (AvgIpc) is 3.03. The first-order chi connectivity index (χ1) is 9.65. The Hall–Kier alpha value is -1.96. The number of imidazole rings is 1. The monoisotopic (exact) mass is 296 g/mol. The van der Waals surface area contributed by atoms with Gasteiger partial charge >= 0.3 is 0 Å². The molecule has 8 heteroatoms. The highest BCUT2D eigenvalue weighted by Gasteiger charge is 2.11. The summed E-state index contributed by atoms with van der Waals surface area (Å²) in [6, 6.07) is 2.15. The number of aromatic amines is 1. The summed E-state index contributed by atoms with van der Waals surface area (Å²) >= 11 is 1.33. The number of hydrogen-bond donors (Lipinski definition) is 1. The van der Waals surface area contributed by atoms with Crippen molar-refractivity contribution in [2.75, 3.05) is 0 Å². The van der Waals surface area contributed by atoms with Crippen LogP contribution in [-0.2, 0) is 12.2 Å². The second-order valence-electron chi connectivity index (χ2n) is 4.07.